The molecule has 0 aliphatic carbocycles. The first-order chi connectivity index (χ1) is 12.0. The van der Waals surface area contributed by atoms with Crippen molar-refractivity contribution in [1.82, 2.24) is 15.5 Å². The van der Waals surface area contributed by atoms with Crippen LogP contribution < -0.4 is 16.4 Å². The van der Waals surface area contributed by atoms with Gasteiger partial charge in [0.25, 0.3) is 5.91 Å². The number of likely N-dealkylation sites (tertiary alicyclic amines) is 1. The Labute approximate surface area is 174 Å². The first kappa shape index (κ1) is 25.7. The molecular weight excluding hydrogens is 387 g/mol. The zero-order valence-electron chi connectivity index (χ0n) is 16.1. The maximum atomic E-state index is 12.1. The fourth-order valence-corrected chi connectivity index (χ4v) is 2.80. The summed E-state index contributed by atoms with van der Waals surface area (Å²) >= 11 is 0. The quantitative estimate of drug-likeness (QED) is 0.601. The van der Waals surface area contributed by atoms with Gasteiger partial charge in [0.15, 0.2) is 0 Å². The lowest BCUT2D eigenvalue weighted by Crippen LogP contribution is -2.38. The number of carbonyl (C=O) groups is 2. The Bertz CT molecular complexity index is 576. The number of nitrogens with two attached hydrogens (primary N) is 1. The highest BCUT2D eigenvalue weighted by Crippen LogP contribution is 2.07. The third-order valence-electron chi connectivity index (χ3n) is 4.80. The highest BCUT2D eigenvalue weighted by molar-refractivity contribution is 5.94. The van der Waals surface area contributed by atoms with Crippen LogP contribution >= 0.6 is 24.8 Å². The Kier molecular flexibility index (Phi) is 12.3. The lowest BCUT2D eigenvalue weighted by Gasteiger charge is -2.15. The molecule has 2 unspecified atom stereocenters. The van der Waals surface area contributed by atoms with Crippen molar-refractivity contribution in [3.05, 3.63) is 35.4 Å². The average Bonchev–Trinajstić information content (AvgIpc) is 3.12. The molecule has 0 radical (unpaired) electrons. The molecule has 2 amide bonds. The van der Waals surface area contributed by atoms with E-state index in [0.29, 0.717) is 18.7 Å². The Morgan fingerprint density at radius 2 is 1.67 bits per heavy atom. The summed E-state index contributed by atoms with van der Waals surface area (Å²) in [6.45, 7) is 7.93. The van der Waals surface area contributed by atoms with Crippen molar-refractivity contribution in [2.24, 2.45) is 11.7 Å². The van der Waals surface area contributed by atoms with E-state index in [1.54, 1.807) is 12.1 Å². The van der Waals surface area contributed by atoms with E-state index < -0.39 is 0 Å². The molecule has 0 saturated carbocycles. The Balaban J connectivity index is 0.00000338. The van der Waals surface area contributed by atoms with E-state index in [2.05, 4.69) is 15.5 Å². The Morgan fingerprint density at radius 3 is 2.22 bits per heavy atom. The molecule has 1 heterocycles. The summed E-state index contributed by atoms with van der Waals surface area (Å²) in [7, 11) is 0. The number of halogens is 2. The van der Waals surface area contributed by atoms with Gasteiger partial charge in [0, 0.05) is 37.2 Å². The van der Waals surface area contributed by atoms with Gasteiger partial charge in [-0.05, 0) is 50.6 Å². The molecule has 1 aliphatic rings. The fraction of sp³-hybridized carbons (Fsp3) is 0.579. The molecular formula is C19H32Cl2N4O2. The zero-order valence-corrected chi connectivity index (χ0v) is 17.7. The van der Waals surface area contributed by atoms with E-state index in [-0.39, 0.29) is 48.6 Å². The van der Waals surface area contributed by atoms with Crippen molar-refractivity contribution < 1.29 is 9.59 Å². The average molecular weight is 419 g/mol. The molecule has 0 spiro atoms. The molecule has 2 atom stereocenters. The van der Waals surface area contributed by atoms with Crippen molar-refractivity contribution in [3.8, 4) is 0 Å². The van der Waals surface area contributed by atoms with E-state index in [1.165, 1.54) is 12.8 Å². The highest BCUT2D eigenvalue weighted by Gasteiger charge is 2.16. The van der Waals surface area contributed by atoms with E-state index in [9.17, 15) is 9.59 Å². The summed E-state index contributed by atoms with van der Waals surface area (Å²) in [5.41, 5.74) is 7.33. The van der Waals surface area contributed by atoms with E-state index >= 15 is 0 Å². The van der Waals surface area contributed by atoms with Gasteiger partial charge in [-0.3, -0.25) is 9.59 Å². The predicted octanol–water partition coefficient (Wildman–Crippen LogP) is 1.96. The van der Waals surface area contributed by atoms with Gasteiger partial charge in [0.2, 0.25) is 5.91 Å². The van der Waals surface area contributed by atoms with E-state index in [4.69, 9.17) is 5.73 Å². The first-order valence-corrected chi connectivity index (χ1v) is 9.10. The van der Waals surface area contributed by atoms with Crippen LogP contribution in [0.3, 0.4) is 0 Å². The third kappa shape index (κ3) is 8.47. The lowest BCUT2D eigenvalue weighted by atomic mass is 10.0. The fourth-order valence-electron chi connectivity index (χ4n) is 2.80. The number of carbonyl (C=O) groups excluding carboxylic acids is 2. The Morgan fingerprint density at radius 1 is 1.07 bits per heavy atom. The largest absolute Gasteiger partial charge is 0.352 e. The molecule has 8 heteroatoms. The van der Waals surface area contributed by atoms with Crippen molar-refractivity contribution >= 4 is 36.6 Å². The number of rotatable bonds is 8. The number of nitrogens with zero attached hydrogens (tertiary/aromatic N) is 1. The minimum Gasteiger partial charge on any atom is -0.352 e. The molecule has 1 aromatic carbocycles. The zero-order chi connectivity index (χ0) is 18.2. The van der Waals surface area contributed by atoms with Gasteiger partial charge >= 0.3 is 0 Å². The third-order valence-corrected chi connectivity index (χ3v) is 4.80. The molecule has 0 bridgehead atoms. The summed E-state index contributed by atoms with van der Waals surface area (Å²) in [6, 6.07) is 7.15. The number of benzene rings is 1. The van der Waals surface area contributed by atoms with Crippen LogP contribution in [0.5, 0.6) is 0 Å². The molecule has 27 heavy (non-hydrogen) atoms. The van der Waals surface area contributed by atoms with E-state index in [1.807, 2.05) is 26.0 Å². The van der Waals surface area contributed by atoms with Crippen LogP contribution in [0, 0.1) is 5.92 Å². The SMILES string of the molecule is CC(N)C(C)C(=O)NCc1ccc(C(=O)NCCN2CCCC2)cc1.Cl.Cl. The summed E-state index contributed by atoms with van der Waals surface area (Å²) in [6.07, 6.45) is 2.52. The van der Waals surface area contributed by atoms with Crippen molar-refractivity contribution in [3.63, 3.8) is 0 Å². The molecule has 4 N–H and O–H groups in total. The predicted molar refractivity (Wildman–Crippen MR) is 114 cm³/mol. The van der Waals surface area contributed by atoms with Crippen LogP contribution in [-0.2, 0) is 11.3 Å². The highest BCUT2D eigenvalue weighted by atomic mass is 35.5. The normalized spacial score (nSPS) is 15.8. The maximum Gasteiger partial charge on any atom is 0.251 e. The van der Waals surface area contributed by atoms with Gasteiger partial charge in [0.1, 0.15) is 0 Å². The smallest absolute Gasteiger partial charge is 0.251 e. The monoisotopic (exact) mass is 418 g/mol. The summed E-state index contributed by atoms with van der Waals surface area (Å²) in [5.74, 6) is -0.334. The second-order valence-electron chi connectivity index (χ2n) is 6.87. The maximum absolute atomic E-state index is 12.1. The lowest BCUT2D eigenvalue weighted by molar-refractivity contribution is -0.125. The summed E-state index contributed by atoms with van der Waals surface area (Å²) in [4.78, 5) is 26.4. The van der Waals surface area contributed by atoms with Gasteiger partial charge in [-0.2, -0.15) is 0 Å². The number of amides is 2. The van der Waals surface area contributed by atoms with Crippen LogP contribution in [0.15, 0.2) is 24.3 Å². The minimum atomic E-state index is -0.222. The molecule has 6 nitrogen and oxygen atoms in total. The van der Waals surface area contributed by atoms with Gasteiger partial charge in [0.05, 0.1) is 0 Å². The minimum absolute atomic E-state index is 0. The van der Waals surface area contributed by atoms with Gasteiger partial charge in [-0.1, -0.05) is 19.1 Å². The molecule has 1 aliphatic heterocycles. The van der Waals surface area contributed by atoms with Crippen LogP contribution in [0.4, 0.5) is 0 Å². The summed E-state index contributed by atoms with van der Waals surface area (Å²) in [5, 5.41) is 5.83. The molecule has 0 aromatic heterocycles. The molecule has 154 valence electrons. The van der Waals surface area contributed by atoms with Crippen LogP contribution in [0.1, 0.15) is 42.6 Å². The van der Waals surface area contributed by atoms with Gasteiger partial charge in [-0.15, -0.1) is 24.8 Å². The van der Waals surface area contributed by atoms with Crippen LogP contribution in [0.25, 0.3) is 0 Å². The van der Waals surface area contributed by atoms with Crippen molar-refractivity contribution in [2.45, 2.75) is 39.3 Å². The number of hydrogen-bond donors (Lipinski definition) is 3. The molecule has 1 fully saturated rings. The molecule has 1 aromatic rings. The van der Waals surface area contributed by atoms with Crippen LogP contribution in [0.2, 0.25) is 0 Å². The standard InChI is InChI=1S/C19H30N4O2.2ClH/c1-14(15(2)20)18(24)22-13-16-5-7-17(8-6-16)19(25)21-9-12-23-10-3-4-11-23;;/h5-8,14-15H,3-4,9-13,20H2,1-2H3,(H,21,25)(H,22,24);2*1H. The van der Waals surface area contributed by atoms with E-state index in [0.717, 1.165) is 25.2 Å². The Hall–Kier alpha value is -1.34. The van der Waals surface area contributed by atoms with Crippen molar-refractivity contribution in [1.29, 1.82) is 0 Å². The molecule has 1 saturated heterocycles. The first-order valence-electron chi connectivity index (χ1n) is 9.10. The van der Waals surface area contributed by atoms with Gasteiger partial charge < -0.3 is 21.3 Å². The second-order valence-corrected chi connectivity index (χ2v) is 6.87. The van der Waals surface area contributed by atoms with Crippen LogP contribution in [-0.4, -0.2) is 48.9 Å². The van der Waals surface area contributed by atoms with Gasteiger partial charge in [-0.25, -0.2) is 0 Å². The van der Waals surface area contributed by atoms with Crippen molar-refractivity contribution in [2.75, 3.05) is 26.2 Å². The number of nitrogens with one attached hydrogen (secondary N) is 2. The molecule has 2 rings (SSSR count). The number of hydrogen-bond acceptors (Lipinski definition) is 4. The summed E-state index contributed by atoms with van der Waals surface area (Å²) < 4.78 is 0. The topological polar surface area (TPSA) is 87.5 Å². The second kappa shape index (κ2) is 12.9.